The number of anilines is 1. The van der Waals surface area contributed by atoms with E-state index in [2.05, 4.69) is 15.8 Å². The molecule has 3 rings (SSSR count). The number of hydrazone groups is 1. The number of hydrogen-bond donors (Lipinski definition) is 3. The van der Waals surface area contributed by atoms with E-state index in [1.807, 2.05) is 0 Å². The van der Waals surface area contributed by atoms with Crippen LogP contribution in [-0.4, -0.2) is 28.1 Å². The first-order valence-electron chi connectivity index (χ1n) is 8.71. The summed E-state index contributed by atoms with van der Waals surface area (Å²) in [6.07, 6.45) is 1.44. The molecule has 0 saturated carbocycles. The standard InChI is InChI=1S/C21H16N4O5/c26-19-11-1-14(2-12-19)13-22-24-21(28)16-3-7-17(8-4-16)23-20(27)15-5-9-18(10-6-15)25(29)30/h1-13,26H,(H,23,27)(H,24,28)/b22-13-. The van der Waals surface area contributed by atoms with Crippen molar-refractivity contribution in [1.82, 2.24) is 5.43 Å². The van der Waals surface area contributed by atoms with Crippen LogP contribution in [0.3, 0.4) is 0 Å². The maximum atomic E-state index is 12.2. The average molecular weight is 404 g/mol. The Morgan fingerprint density at radius 1 is 0.867 bits per heavy atom. The van der Waals surface area contributed by atoms with Gasteiger partial charge in [-0.15, -0.1) is 0 Å². The minimum atomic E-state index is -0.541. The zero-order valence-corrected chi connectivity index (χ0v) is 15.5. The molecule has 0 bridgehead atoms. The van der Waals surface area contributed by atoms with Gasteiger partial charge in [-0.2, -0.15) is 5.10 Å². The van der Waals surface area contributed by atoms with Crippen molar-refractivity contribution < 1.29 is 19.6 Å². The van der Waals surface area contributed by atoms with Crippen molar-refractivity contribution >= 4 is 29.4 Å². The number of carbonyl (C=O) groups is 2. The summed E-state index contributed by atoms with van der Waals surface area (Å²) in [5, 5.41) is 26.4. The van der Waals surface area contributed by atoms with E-state index in [1.54, 1.807) is 24.3 Å². The van der Waals surface area contributed by atoms with Gasteiger partial charge in [0.05, 0.1) is 11.1 Å². The second-order valence-electron chi connectivity index (χ2n) is 6.13. The molecule has 0 radical (unpaired) electrons. The second-order valence-corrected chi connectivity index (χ2v) is 6.13. The monoisotopic (exact) mass is 404 g/mol. The van der Waals surface area contributed by atoms with Crippen LogP contribution in [-0.2, 0) is 0 Å². The van der Waals surface area contributed by atoms with Gasteiger partial charge in [-0.25, -0.2) is 5.43 Å². The fraction of sp³-hybridized carbons (Fsp3) is 0. The van der Waals surface area contributed by atoms with Crippen molar-refractivity contribution in [2.75, 3.05) is 5.32 Å². The van der Waals surface area contributed by atoms with Crippen LogP contribution in [0.25, 0.3) is 0 Å². The number of phenolic OH excluding ortho intramolecular Hbond substituents is 1. The average Bonchev–Trinajstić information content (AvgIpc) is 2.75. The zero-order chi connectivity index (χ0) is 21.5. The highest BCUT2D eigenvalue weighted by Crippen LogP contribution is 2.15. The van der Waals surface area contributed by atoms with Crippen molar-refractivity contribution in [3.05, 3.63) is 99.6 Å². The van der Waals surface area contributed by atoms with Crippen LogP contribution in [0.2, 0.25) is 0 Å². The lowest BCUT2D eigenvalue weighted by molar-refractivity contribution is -0.384. The van der Waals surface area contributed by atoms with Crippen LogP contribution < -0.4 is 10.7 Å². The van der Waals surface area contributed by atoms with Gasteiger partial charge in [0.15, 0.2) is 0 Å². The largest absolute Gasteiger partial charge is 0.508 e. The Balaban J connectivity index is 1.57. The molecule has 30 heavy (non-hydrogen) atoms. The normalized spacial score (nSPS) is 10.5. The van der Waals surface area contributed by atoms with Gasteiger partial charge < -0.3 is 10.4 Å². The first-order valence-corrected chi connectivity index (χ1v) is 8.71. The molecule has 3 N–H and O–H groups in total. The molecule has 9 nitrogen and oxygen atoms in total. The van der Waals surface area contributed by atoms with Gasteiger partial charge in [-0.05, 0) is 66.2 Å². The Morgan fingerprint density at radius 2 is 1.43 bits per heavy atom. The Morgan fingerprint density at radius 3 is 2.03 bits per heavy atom. The fourth-order valence-electron chi connectivity index (χ4n) is 2.43. The van der Waals surface area contributed by atoms with Crippen molar-refractivity contribution in [3.63, 3.8) is 0 Å². The van der Waals surface area contributed by atoms with Crippen LogP contribution in [0.15, 0.2) is 77.9 Å². The van der Waals surface area contributed by atoms with Crippen LogP contribution in [0.4, 0.5) is 11.4 Å². The summed E-state index contributed by atoms with van der Waals surface area (Å²) in [5.41, 5.74) is 4.06. The number of benzene rings is 3. The molecule has 0 fully saturated rings. The van der Waals surface area contributed by atoms with E-state index >= 15 is 0 Å². The summed E-state index contributed by atoms with van der Waals surface area (Å²) in [4.78, 5) is 34.5. The summed E-state index contributed by atoms with van der Waals surface area (Å²) < 4.78 is 0. The van der Waals surface area contributed by atoms with E-state index in [-0.39, 0.29) is 17.0 Å². The van der Waals surface area contributed by atoms with Crippen LogP contribution in [0.1, 0.15) is 26.3 Å². The highest BCUT2D eigenvalue weighted by molar-refractivity contribution is 6.04. The number of nitrogens with one attached hydrogen (secondary N) is 2. The smallest absolute Gasteiger partial charge is 0.271 e. The first kappa shape index (κ1) is 20.2. The highest BCUT2D eigenvalue weighted by atomic mass is 16.6. The number of hydrogen-bond acceptors (Lipinski definition) is 6. The van der Waals surface area contributed by atoms with Crippen LogP contribution >= 0.6 is 0 Å². The lowest BCUT2D eigenvalue weighted by Gasteiger charge is -2.06. The topological polar surface area (TPSA) is 134 Å². The molecular weight excluding hydrogens is 388 g/mol. The summed E-state index contributed by atoms with van der Waals surface area (Å²) in [6, 6.07) is 17.7. The molecule has 2 amide bonds. The number of nitro benzene ring substituents is 1. The SMILES string of the molecule is O=C(N/N=C\c1ccc(O)cc1)c1ccc(NC(=O)c2ccc([N+](=O)[O-])cc2)cc1. The predicted molar refractivity (Wildman–Crippen MR) is 111 cm³/mol. The van der Waals surface area contributed by atoms with E-state index in [0.717, 1.165) is 0 Å². The van der Waals surface area contributed by atoms with E-state index in [1.165, 1.54) is 54.7 Å². The molecular formula is C21H16N4O5. The number of amides is 2. The van der Waals surface area contributed by atoms with Gasteiger partial charge in [0.2, 0.25) is 0 Å². The second kappa shape index (κ2) is 9.11. The number of nitrogens with zero attached hydrogens (tertiary/aromatic N) is 2. The van der Waals surface area contributed by atoms with Crippen LogP contribution in [0.5, 0.6) is 5.75 Å². The van der Waals surface area contributed by atoms with Crippen molar-refractivity contribution in [2.45, 2.75) is 0 Å². The predicted octanol–water partition coefficient (Wildman–Crippen LogP) is 3.32. The minimum absolute atomic E-state index is 0.102. The number of rotatable bonds is 6. The molecule has 0 aliphatic heterocycles. The van der Waals surface area contributed by atoms with E-state index in [0.29, 0.717) is 16.8 Å². The van der Waals surface area contributed by atoms with E-state index in [9.17, 15) is 24.8 Å². The molecule has 0 saturated heterocycles. The van der Waals surface area contributed by atoms with Crippen molar-refractivity contribution in [2.24, 2.45) is 5.10 Å². The van der Waals surface area contributed by atoms with Gasteiger partial charge in [0, 0.05) is 28.9 Å². The third-order valence-electron chi connectivity index (χ3n) is 4.02. The third kappa shape index (κ3) is 5.26. The van der Waals surface area contributed by atoms with Crippen molar-refractivity contribution in [3.8, 4) is 5.75 Å². The summed E-state index contributed by atoms with van der Waals surface area (Å²) in [5.74, 6) is -0.726. The maximum Gasteiger partial charge on any atom is 0.271 e. The molecule has 9 heteroatoms. The quantitative estimate of drug-likeness (QED) is 0.329. The Bertz CT molecular complexity index is 1090. The summed E-state index contributed by atoms with van der Waals surface area (Å²) >= 11 is 0. The Kier molecular flexibility index (Phi) is 6.14. The molecule has 3 aromatic rings. The lowest BCUT2D eigenvalue weighted by Crippen LogP contribution is -2.17. The van der Waals surface area contributed by atoms with Crippen LogP contribution in [0, 0.1) is 10.1 Å². The van der Waals surface area contributed by atoms with Gasteiger partial charge in [0.25, 0.3) is 17.5 Å². The van der Waals surface area contributed by atoms with Crippen molar-refractivity contribution in [1.29, 1.82) is 0 Å². The first-order chi connectivity index (χ1) is 14.4. The number of non-ortho nitro benzene ring substituents is 1. The maximum absolute atomic E-state index is 12.2. The lowest BCUT2D eigenvalue weighted by atomic mass is 10.1. The molecule has 150 valence electrons. The van der Waals surface area contributed by atoms with E-state index < -0.39 is 16.7 Å². The Hall–Kier alpha value is -4.53. The number of nitro groups is 1. The van der Waals surface area contributed by atoms with Gasteiger partial charge in [0.1, 0.15) is 5.75 Å². The molecule has 0 heterocycles. The molecule has 0 aliphatic rings. The van der Waals surface area contributed by atoms with Gasteiger partial charge >= 0.3 is 0 Å². The molecule has 0 aromatic heterocycles. The molecule has 0 spiro atoms. The number of carbonyl (C=O) groups excluding carboxylic acids is 2. The van der Waals surface area contributed by atoms with Gasteiger partial charge in [-0.1, -0.05) is 0 Å². The number of phenols is 1. The van der Waals surface area contributed by atoms with Gasteiger partial charge in [-0.3, -0.25) is 19.7 Å². The van der Waals surface area contributed by atoms with E-state index in [4.69, 9.17) is 0 Å². The Labute approximate surface area is 170 Å². The summed E-state index contributed by atoms with van der Waals surface area (Å²) in [6.45, 7) is 0. The summed E-state index contributed by atoms with van der Waals surface area (Å²) in [7, 11) is 0. The third-order valence-corrected chi connectivity index (χ3v) is 4.02. The molecule has 0 unspecified atom stereocenters. The molecule has 0 atom stereocenters. The highest BCUT2D eigenvalue weighted by Gasteiger charge is 2.10. The fourth-order valence-corrected chi connectivity index (χ4v) is 2.43. The minimum Gasteiger partial charge on any atom is -0.508 e. The molecule has 0 aliphatic carbocycles. The number of aromatic hydroxyl groups is 1. The molecule has 3 aromatic carbocycles. The zero-order valence-electron chi connectivity index (χ0n) is 15.5.